The lowest BCUT2D eigenvalue weighted by Gasteiger charge is -2.55. The van der Waals surface area contributed by atoms with Crippen molar-refractivity contribution in [3.63, 3.8) is 0 Å². The molecule has 0 spiro atoms. The van der Waals surface area contributed by atoms with E-state index in [1.54, 1.807) is 0 Å². The van der Waals surface area contributed by atoms with Gasteiger partial charge in [0.2, 0.25) is 0 Å². The highest BCUT2D eigenvalue weighted by molar-refractivity contribution is 5.02. The molecular weight excluding hydrogens is 408 g/mol. The lowest BCUT2D eigenvalue weighted by molar-refractivity contribution is -0.0579. The number of hydrogen-bond donors (Lipinski definition) is 0. The molecule has 0 aromatic carbocycles. The third kappa shape index (κ3) is 7.37. The molecule has 3 aliphatic heterocycles. The van der Waals surface area contributed by atoms with Crippen LogP contribution in [0.25, 0.3) is 0 Å². The van der Waals surface area contributed by atoms with Gasteiger partial charge in [0.25, 0.3) is 0 Å². The number of unbranched alkanes of at least 4 members (excludes halogenated alkanes) is 3. The molecule has 3 rings (SSSR count). The van der Waals surface area contributed by atoms with E-state index < -0.39 is 0 Å². The highest BCUT2D eigenvalue weighted by Gasteiger charge is 2.43. The molecule has 6 heteroatoms. The lowest BCUT2D eigenvalue weighted by Crippen LogP contribution is -2.71. The van der Waals surface area contributed by atoms with Gasteiger partial charge < -0.3 is 9.80 Å². The smallest absolute Gasteiger partial charge is 0.0391 e. The molecule has 0 bridgehead atoms. The first-order valence-corrected chi connectivity index (χ1v) is 14.3. The highest BCUT2D eigenvalue weighted by Crippen LogP contribution is 2.27. The van der Waals surface area contributed by atoms with Gasteiger partial charge in [-0.1, -0.05) is 40.0 Å². The Morgan fingerprint density at radius 3 is 1.82 bits per heavy atom. The predicted molar refractivity (Wildman–Crippen MR) is 142 cm³/mol. The molecular formula is C27H56N6. The molecule has 0 aliphatic carbocycles. The second-order valence-corrected chi connectivity index (χ2v) is 11.3. The van der Waals surface area contributed by atoms with Crippen molar-refractivity contribution in [3.8, 4) is 0 Å². The van der Waals surface area contributed by atoms with Crippen LogP contribution in [0, 0.1) is 0 Å². The lowest BCUT2D eigenvalue weighted by atomic mass is 9.92. The van der Waals surface area contributed by atoms with Crippen LogP contribution in [0.3, 0.4) is 0 Å². The molecule has 0 aromatic rings. The van der Waals surface area contributed by atoms with E-state index in [-0.39, 0.29) is 0 Å². The summed E-state index contributed by atoms with van der Waals surface area (Å²) in [6.07, 6.45) is 7.89. The summed E-state index contributed by atoms with van der Waals surface area (Å²) in [6.45, 7) is 20.7. The van der Waals surface area contributed by atoms with Gasteiger partial charge in [-0.05, 0) is 60.0 Å². The summed E-state index contributed by atoms with van der Waals surface area (Å²) in [5, 5.41) is 0. The average Bonchev–Trinajstić information content (AvgIpc) is 2.81. The van der Waals surface area contributed by atoms with E-state index in [1.165, 1.54) is 111 Å². The van der Waals surface area contributed by atoms with Gasteiger partial charge in [-0.2, -0.15) is 0 Å². The van der Waals surface area contributed by atoms with Crippen LogP contribution in [0.5, 0.6) is 0 Å². The molecule has 4 unspecified atom stereocenters. The molecule has 0 amide bonds. The van der Waals surface area contributed by atoms with Crippen molar-refractivity contribution in [3.05, 3.63) is 0 Å². The van der Waals surface area contributed by atoms with Crippen molar-refractivity contribution in [1.82, 2.24) is 29.4 Å². The van der Waals surface area contributed by atoms with E-state index in [0.717, 1.165) is 0 Å². The zero-order valence-electron chi connectivity index (χ0n) is 23.0. The summed E-state index contributed by atoms with van der Waals surface area (Å²) in [5.74, 6) is 0. The topological polar surface area (TPSA) is 19.4 Å². The third-order valence-corrected chi connectivity index (χ3v) is 8.76. The average molecular weight is 465 g/mol. The molecule has 33 heavy (non-hydrogen) atoms. The van der Waals surface area contributed by atoms with Gasteiger partial charge in [-0.15, -0.1) is 0 Å². The minimum Gasteiger partial charge on any atom is -0.303 e. The molecule has 3 fully saturated rings. The Labute approximate surface area is 206 Å². The second-order valence-electron chi connectivity index (χ2n) is 11.3. The SMILES string of the molecule is CCCCN1CCN(C)C(C2CN(C)C(C3CN(C)CCN3CCCC)CN2CCCC)C1. The fourth-order valence-corrected chi connectivity index (χ4v) is 6.42. The van der Waals surface area contributed by atoms with E-state index in [2.05, 4.69) is 71.3 Å². The minimum absolute atomic E-state index is 0.641. The molecule has 3 heterocycles. The maximum atomic E-state index is 2.92. The Morgan fingerprint density at radius 2 is 1.12 bits per heavy atom. The normalized spacial score (nSPS) is 32.5. The maximum absolute atomic E-state index is 2.92. The number of piperazine rings is 3. The first kappa shape index (κ1) is 27.3. The third-order valence-electron chi connectivity index (χ3n) is 8.76. The van der Waals surface area contributed by atoms with Gasteiger partial charge in [-0.25, -0.2) is 0 Å². The Balaban J connectivity index is 1.74. The van der Waals surface area contributed by atoms with Gasteiger partial charge in [0, 0.05) is 76.5 Å². The summed E-state index contributed by atoms with van der Waals surface area (Å²) in [6, 6.07) is 2.61. The first-order chi connectivity index (χ1) is 16.0. The van der Waals surface area contributed by atoms with Crippen LogP contribution in [-0.4, -0.2) is 147 Å². The van der Waals surface area contributed by atoms with E-state index in [1.807, 2.05) is 0 Å². The van der Waals surface area contributed by atoms with Crippen molar-refractivity contribution in [1.29, 1.82) is 0 Å². The number of nitrogens with zero attached hydrogens (tertiary/aromatic N) is 6. The number of hydrogen-bond acceptors (Lipinski definition) is 6. The predicted octanol–water partition coefficient (Wildman–Crippen LogP) is 2.60. The Morgan fingerprint density at radius 1 is 0.515 bits per heavy atom. The molecule has 6 nitrogen and oxygen atoms in total. The zero-order valence-corrected chi connectivity index (χ0v) is 23.0. The van der Waals surface area contributed by atoms with E-state index in [9.17, 15) is 0 Å². The maximum Gasteiger partial charge on any atom is 0.0391 e. The number of rotatable bonds is 11. The van der Waals surface area contributed by atoms with Crippen molar-refractivity contribution < 1.29 is 0 Å². The van der Waals surface area contributed by atoms with E-state index >= 15 is 0 Å². The Hall–Kier alpha value is -0.240. The summed E-state index contributed by atoms with van der Waals surface area (Å²) in [4.78, 5) is 16.5. The van der Waals surface area contributed by atoms with Crippen LogP contribution in [0.4, 0.5) is 0 Å². The first-order valence-electron chi connectivity index (χ1n) is 14.3. The molecule has 0 saturated carbocycles. The fourth-order valence-electron chi connectivity index (χ4n) is 6.42. The monoisotopic (exact) mass is 464 g/mol. The van der Waals surface area contributed by atoms with Gasteiger partial charge in [0.15, 0.2) is 0 Å². The molecule has 3 saturated heterocycles. The van der Waals surface area contributed by atoms with Crippen LogP contribution >= 0.6 is 0 Å². The molecule has 3 aliphatic rings. The summed E-state index contributed by atoms with van der Waals surface area (Å²) < 4.78 is 0. The summed E-state index contributed by atoms with van der Waals surface area (Å²) in [5.41, 5.74) is 0. The molecule has 0 radical (unpaired) electrons. The van der Waals surface area contributed by atoms with Crippen LogP contribution < -0.4 is 0 Å². The van der Waals surface area contributed by atoms with Gasteiger partial charge >= 0.3 is 0 Å². The van der Waals surface area contributed by atoms with Gasteiger partial charge in [-0.3, -0.25) is 19.6 Å². The quantitative estimate of drug-likeness (QED) is 0.465. The van der Waals surface area contributed by atoms with Gasteiger partial charge in [0.1, 0.15) is 0 Å². The van der Waals surface area contributed by atoms with Crippen LogP contribution in [-0.2, 0) is 0 Å². The van der Waals surface area contributed by atoms with Crippen LogP contribution in [0.1, 0.15) is 59.3 Å². The summed E-state index contributed by atoms with van der Waals surface area (Å²) in [7, 11) is 7.14. The molecule has 194 valence electrons. The zero-order chi connectivity index (χ0) is 23.8. The van der Waals surface area contributed by atoms with Crippen molar-refractivity contribution >= 4 is 0 Å². The fraction of sp³-hybridized carbons (Fsp3) is 1.00. The molecule has 0 aromatic heterocycles. The van der Waals surface area contributed by atoms with Crippen LogP contribution in [0.15, 0.2) is 0 Å². The van der Waals surface area contributed by atoms with Crippen molar-refractivity contribution in [2.45, 2.75) is 83.5 Å². The minimum atomic E-state index is 0.641. The Kier molecular flexibility index (Phi) is 11.4. The van der Waals surface area contributed by atoms with Crippen molar-refractivity contribution in [2.24, 2.45) is 0 Å². The second kappa shape index (κ2) is 13.7. The standard InChI is InChI=1S/C27H56N6/c1-7-10-13-31-18-17-29(5)24(22-31)27-21-30(6)25(23-33(27)15-12-9-3)26-20-28(4)16-19-32(26)14-11-8-2/h24-27H,7-23H2,1-6H3. The molecule has 4 atom stereocenters. The number of likely N-dealkylation sites (N-methyl/N-ethyl adjacent to an activating group) is 3. The largest absolute Gasteiger partial charge is 0.303 e. The highest BCUT2D eigenvalue weighted by atomic mass is 15.4. The van der Waals surface area contributed by atoms with E-state index in [4.69, 9.17) is 0 Å². The van der Waals surface area contributed by atoms with Crippen molar-refractivity contribution in [2.75, 3.05) is 93.1 Å². The van der Waals surface area contributed by atoms with E-state index in [0.29, 0.717) is 24.2 Å². The van der Waals surface area contributed by atoms with Gasteiger partial charge in [0.05, 0.1) is 0 Å². The Bertz CT molecular complexity index is 541. The van der Waals surface area contributed by atoms with Crippen LogP contribution in [0.2, 0.25) is 0 Å². The molecule has 0 N–H and O–H groups in total. The summed E-state index contributed by atoms with van der Waals surface area (Å²) >= 11 is 0.